The molecule has 5 nitrogen and oxygen atoms in total. The molecule has 116 valence electrons. The molecule has 2 rings (SSSR count). The molecule has 0 aliphatic rings. The van der Waals surface area contributed by atoms with E-state index in [9.17, 15) is 4.79 Å². The first-order valence-electron chi connectivity index (χ1n) is 7.19. The minimum atomic E-state index is 0.0566. The Morgan fingerprint density at radius 1 is 1.32 bits per heavy atom. The van der Waals surface area contributed by atoms with Gasteiger partial charge in [-0.3, -0.25) is 9.48 Å². The van der Waals surface area contributed by atoms with Crippen LogP contribution in [0.3, 0.4) is 0 Å². The molecule has 0 aliphatic carbocycles. The Morgan fingerprint density at radius 2 is 2.05 bits per heavy atom. The smallest absolute Gasteiger partial charge is 0.170 e. The molecule has 0 atom stereocenters. The van der Waals surface area contributed by atoms with Crippen LogP contribution < -0.4 is 10.6 Å². The van der Waals surface area contributed by atoms with E-state index in [0.717, 1.165) is 25.2 Å². The number of hydrogen-bond acceptors (Lipinski definition) is 3. The van der Waals surface area contributed by atoms with E-state index in [1.54, 1.807) is 19.1 Å². The summed E-state index contributed by atoms with van der Waals surface area (Å²) in [5, 5.41) is 11.1. The van der Waals surface area contributed by atoms with Crippen LogP contribution in [0.4, 0.5) is 5.69 Å². The average Bonchev–Trinajstić information content (AvgIpc) is 2.90. The Morgan fingerprint density at radius 3 is 2.64 bits per heavy atom. The number of hydrogen-bond donors (Lipinski definition) is 2. The van der Waals surface area contributed by atoms with Gasteiger partial charge in [0, 0.05) is 30.5 Å². The van der Waals surface area contributed by atoms with Crippen molar-refractivity contribution in [3.8, 4) is 0 Å². The van der Waals surface area contributed by atoms with Crippen LogP contribution in [-0.4, -0.2) is 27.2 Å². The first kappa shape index (κ1) is 16.2. The lowest BCUT2D eigenvalue weighted by Gasteiger charge is -2.10. The van der Waals surface area contributed by atoms with E-state index >= 15 is 0 Å². The van der Waals surface area contributed by atoms with E-state index in [-0.39, 0.29) is 5.78 Å². The van der Waals surface area contributed by atoms with Crippen molar-refractivity contribution < 1.29 is 4.79 Å². The van der Waals surface area contributed by atoms with Gasteiger partial charge in [-0.1, -0.05) is 0 Å². The highest BCUT2D eigenvalue weighted by Gasteiger charge is 2.01. The summed E-state index contributed by atoms with van der Waals surface area (Å²) in [5.74, 6) is 0.0566. The van der Waals surface area contributed by atoms with Crippen LogP contribution in [0.15, 0.2) is 36.7 Å². The summed E-state index contributed by atoms with van der Waals surface area (Å²) in [6, 6.07) is 7.26. The summed E-state index contributed by atoms with van der Waals surface area (Å²) >= 11 is 5.24. The van der Waals surface area contributed by atoms with Crippen molar-refractivity contribution in [1.82, 2.24) is 15.1 Å². The Balaban J connectivity index is 1.70. The summed E-state index contributed by atoms with van der Waals surface area (Å²) in [6.45, 7) is 5.21. The molecule has 0 aliphatic heterocycles. The maximum absolute atomic E-state index is 11.2. The van der Waals surface area contributed by atoms with Crippen LogP contribution in [0.2, 0.25) is 0 Å². The van der Waals surface area contributed by atoms with Crippen molar-refractivity contribution >= 4 is 28.8 Å². The predicted molar refractivity (Wildman–Crippen MR) is 92.3 cm³/mol. The van der Waals surface area contributed by atoms with Crippen molar-refractivity contribution in [3.63, 3.8) is 0 Å². The number of thiocarbonyl (C=S) groups is 1. The number of carbonyl (C=O) groups excluding carboxylic acids is 1. The molecule has 2 N–H and O–H groups in total. The number of Topliss-reactive ketones (excluding diaryl/α,β-unsaturated/α-hetero) is 1. The Hall–Kier alpha value is -2.21. The van der Waals surface area contributed by atoms with Gasteiger partial charge in [-0.05, 0) is 62.3 Å². The molecule has 2 aromatic rings. The van der Waals surface area contributed by atoms with Crippen LogP contribution in [0.25, 0.3) is 0 Å². The zero-order chi connectivity index (χ0) is 15.9. The van der Waals surface area contributed by atoms with Crippen molar-refractivity contribution in [1.29, 1.82) is 0 Å². The fourth-order valence-electron chi connectivity index (χ4n) is 2.00. The maximum Gasteiger partial charge on any atom is 0.170 e. The minimum Gasteiger partial charge on any atom is -0.362 e. The first-order chi connectivity index (χ1) is 10.5. The zero-order valence-electron chi connectivity index (χ0n) is 12.8. The minimum absolute atomic E-state index is 0.0566. The molecular weight excluding hydrogens is 296 g/mol. The van der Waals surface area contributed by atoms with E-state index in [1.165, 1.54) is 5.56 Å². The Kier molecular flexibility index (Phi) is 5.66. The maximum atomic E-state index is 11.2. The van der Waals surface area contributed by atoms with Crippen molar-refractivity contribution in [2.75, 3.05) is 11.9 Å². The number of carbonyl (C=O) groups is 1. The van der Waals surface area contributed by atoms with Crippen LogP contribution in [0.5, 0.6) is 0 Å². The van der Waals surface area contributed by atoms with Crippen LogP contribution in [-0.2, 0) is 6.54 Å². The molecular formula is C16H20N4OS. The van der Waals surface area contributed by atoms with Crippen LogP contribution in [0, 0.1) is 6.92 Å². The van der Waals surface area contributed by atoms with Gasteiger partial charge in [0.15, 0.2) is 10.9 Å². The van der Waals surface area contributed by atoms with Gasteiger partial charge in [0.1, 0.15) is 0 Å². The lowest BCUT2D eigenvalue weighted by molar-refractivity contribution is 0.101. The van der Waals surface area contributed by atoms with Gasteiger partial charge in [-0.15, -0.1) is 0 Å². The molecule has 22 heavy (non-hydrogen) atoms. The van der Waals surface area contributed by atoms with Crippen molar-refractivity contribution in [2.24, 2.45) is 0 Å². The number of benzene rings is 1. The summed E-state index contributed by atoms with van der Waals surface area (Å²) in [4.78, 5) is 11.2. The molecule has 0 bridgehead atoms. The molecule has 0 fully saturated rings. The topological polar surface area (TPSA) is 59.0 Å². The molecule has 0 amide bonds. The number of anilines is 1. The number of ketones is 1. The van der Waals surface area contributed by atoms with Gasteiger partial charge in [-0.2, -0.15) is 5.10 Å². The Bertz CT molecular complexity index is 648. The molecule has 1 heterocycles. The zero-order valence-corrected chi connectivity index (χ0v) is 13.6. The van der Waals surface area contributed by atoms with E-state index < -0.39 is 0 Å². The van der Waals surface area contributed by atoms with Gasteiger partial charge in [-0.25, -0.2) is 0 Å². The molecule has 6 heteroatoms. The second kappa shape index (κ2) is 7.70. The normalized spacial score (nSPS) is 10.3. The van der Waals surface area contributed by atoms with E-state index in [4.69, 9.17) is 12.2 Å². The third-order valence-electron chi connectivity index (χ3n) is 3.16. The highest BCUT2D eigenvalue weighted by Crippen LogP contribution is 2.09. The van der Waals surface area contributed by atoms with E-state index in [0.29, 0.717) is 10.7 Å². The summed E-state index contributed by atoms with van der Waals surface area (Å²) in [7, 11) is 0. The SMILES string of the molecule is CC(=O)c1ccc(NC(=S)NCCCn2cc(C)cn2)cc1. The molecule has 0 spiro atoms. The summed E-state index contributed by atoms with van der Waals surface area (Å²) in [5.41, 5.74) is 2.73. The van der Waals surface area contributed by atoms with Gasteiger partial charge >= 0.3 is 0 Å². The number of nitrogens with one attached hydrogen (secondary N) is 2. The standard InChI is InChI=1S/C16H20N4OS/c1-12-10-18-20(11-12)9-3-8-17-16(22)19-15-6-4-14(5-7-15)13(2)21/h4-7,10-11H,3,8-9H2,1-2H3,(H2,17,19,22). The van der Waals surface area contributed by atoms with Crippen molar-refractivity contribution in [3.05, 3.63) is 47.8 Å². The third-order valence-corrected chi connectivity index (χ3v) is 3.41. The lowest BCUT2D eigenvalue weighted by atomic mass is 10.1. The number of aromatic nitrogens is 2. The van der Waals surface area contributed by atoms with Gasteiger partial charge < -0.3 is 10.6 Å². The predicted octanol–water partition coefficient (Wildman–Crippen LogP) is 2.77. The average molecular weight is 316 g/mol. The van der Waals surface area contributed by atoms with Gasteiger partial charge in [0.05, 0.1) is 6.20 Å². The van der Waals surface area contributed by atoms with E-state index in [2.05, 4.69) is 15.7 Å². The fraction of sp³-hybridized carbons (Fsp3) is 0.312. The van der Waals surface area contributed by atoms with Crippen LogP contribution in [0.1, 0.15) is 29.3 Å². The molecule has 0 saturated carbocycles. The summed E-state index contributed by atoms with van der Waals surface area (Å²) < 4.78 is 1.92. The second-order valence-corrected chi connectivity index (χ2v) is 5.56. The quantitative estimate of drug-likeness (QED) is 0.487. The van der Waals surface area contributed by atoms with Crippen molar-refractivity contribution in [2.45, 2.75) is 26.8 Å². The number of rotatable bonds is 6. The molecule has 1 aromatic carbocycles. The second-order valence-electron chi connectivity index (χ2n) is 5.15. The molecule has 1 aromatic heterocycles. The van der Waals surface area contributed by atoms with Gasteiger partial charge in [0.25, 0.3) is 0 Å². The third kappa shape index (κ3) is 4.96. The lowest BCUT2D eigenvalue weighted by Crippen LogP contribution is -2.29. The Labute approximate surface area is 135 Å². The van der Waals surface area contributed by atoms with Gasteiger partial charge in [0.2, 0.25) is 0 Å². The van der Waals surface area contributed by atoms with E-state index in [1.807, 2.05) is 36.1 Å². The largest absolute Gasteiger partial charge is 0.362 e. The fourth-order valence-corrected chi connectivity index (χ4v) is 2.22. The summed E-state index contributed by atoms with van der Waals surface area (Å²) in [6.07, 6.45) is 4.81. The van der Waals surface area contributed by atoms with Crippen LogP contribution >= 0.6 is 12.2 Å². The molecule has 0 unspecified atom stereocenters. The number of aryl methyl sites for hydroxylation is 2. The monoisotopic (exact) mass is 316 g/mol. The first-order valence-corrected chi connectivity index (χ1v) is 7.60. The number of nitrogens with zero attached hydrogens (tertiary/aromatic N) is 2. The molecule has 0 saturated heterocycles. The highest BCUT2D eigenvalue weighted by atomic mass is 32.1. The highest BCUT2D eigenvalue weighted by molar-refractivity contribution is 7.80. The molecule has 0 radical (unpaired) electrons.